The molecule has 1 heterocycles. The van der Waals surface area contributed by atoms with Crippen LogP contribution in [0, 0.1) is 11.9 Å². The maximum absolute atomic E-state index is 13.2. The molecule has 0 aliphatic heterocycles. The van der Waals surface area contributed by atoms with Crippen molar-refractivity contribution in [2.24, 2.45) is 0 Å². The summed E-state index contributed by atoms with van der Waals surface area (Å²) >= 11 is 0. The molecule has 2 rings (SSSR count). The van der Waals surface area contributed by atoms with Gasteiger partial charge in [-0.15, -0.1) is 0 Å². The van der Waals surface area contributed by atoms with Crippen molar-refractivity contribution in [2.45, 2.75) is 0 Å². The van der Waals surface area contributed by atoms with Crippen LogP contribution in [-0.2, 0) is 0 Å². The lowest BCUT2D eigenvalue weighted by Gasteiger charge is -1.99. The zero-order valence-corrected chi connectivity index (χ0v) is 6.87. The van der Waals surface area contributed by atoms with Crippen molar-refractivity contribution in [3.05, 3.63) is 54.5 Å². The van der Waals surface area contributed by atoms with Crippen LogP contribution in [0.1, 0.15) is 0 Å². The van der Waals surface area contributed by atoms with E-state index in [0.717, 1.165) is 5.56 Å². The molecule has 2 aromatic rings. The standard InChI is InChI=1S/C11H7FN/c12-10-7-4-8-13-11(10)9-5-2-1-3-6-9/h1-2,4-8H. The number of aromatic nitrogens is 1. The number of pyridine rings is 1. The number of rotatable bonds is 1. The average Bonchev–Trinajstić information content (AvgIpc) is 2.20. The topological polar surface area (TPSA) is 12.9 Å². The minimum Gasteiger partial charge on any atom is -0.253 e. The predicted molar refractivity (Wildman–Crippen MR) is 48.5 cm³/mol. The van der Waals surface area contributed by atoms with Gasteiger partial charge in [0.25, 0.3) is 0 Å². The van der Waals surface area contributed by atoms with E-state index in [1.165, 1.54) is 6.07 Å². The molecular weight excluding hydrogens is 165 g/mol. The third kappa shape index (κ3) is 1.56. The number of benzene rings is 1. The van der Waals surface area contributed by atoms with Gasteiger partial charge < -0.3 is 0 Å². The zero-order valence-electron chi connectivity index (χ0n) is 6.87. The molecule has 1 aromatic carbocycles. The van der Waals surface area contributed by atoms with Crippen LogP contribution in [0.5, 0.6) is 0 Å². The monoisotopic (exact) mass is 172 g/mol. The summed E-state index contributed by atoms with van der Waals surface area (Å²) in [5.41, 5.74) is 1.12. The largest absolute Gasteiger partial charge is 0.253 e. The fourth-order valence-corrected chi connectivity index (χ4v) is 1.14. The van der Waals surface area contributed by atoms with E-state index in [2.05, 4.69) is 11.1 Å². The molecule has 0 aliphatic rings. The highest BCUT2D eigenvalue weighted by Gasteiger charge is 2.03. The predicted octanol–water partition coefficient (Wildman–Crippen LogP) is 2.69. The second-order valence-corrected chi connectivity index (χ2v) is 2.63. The van der Waals surface area contributed by atoms with Gasteiger partial charge in [-0.25, -0.2) is 4.39 Å². The number of nitrogens with zero attached hydrogens (tertiary/aromatic N) is 1. The van der Waals surface area contributed by atoms with Gasteiger partial charge in [-0.3, -0.25) is 4.98 Å². The summed E-state index contributed by atoms with van der Waals surface area (Å²) in [5.74, 6) is -0.304. The normalized spacial score (nSPS) is 9.92. The lowest BCUT2D eigenvalue weighted by atomic mass is 10.1. The fraction of sp³-hybridized carbons (Fsp3) is 0. The van der Waals surface area contributed by atoms with Crippen molar-refractivity contribution in [1.29, 1.82) is 0 Å². The lowest BCUT2D eigenvalue weighted by molar-refractivity contribution is 0.626. The highest BCUT2D eigenvalue weighted by molar-refractivity contribution is 5.58. The summed E-state index contributed by atoms with van der Waals surface area (Å²) in [6, 6.07) is 13.0. The van der Waals surface area contributed by atoms with E-state index in [-0.39, 0.29) is 5.82 Å². The van der Waals surface area contributed by atoms with E-state index < -0.39 is 0 Å². The lowest BCUT2D eigenvalue weighted by Crippen LogP contribution is -1.86. The van der Waals surface area contributed by atoms with E-state index in [9.17, 15) is 4.39 Å². The summed E-state index contributed by atoms with van der Waals surface area (Å²) in [6.45, 7) is 0. The second-order valence-electron chi connectivity index (χ2n) is 2.63. The molecule has 0 amide bonds. The molecule has 1 nitrogen and oxygen atoms in total. The van der Waals surface area contributed by atoms with Gasteiger partial charge >= 0.3 is 0 Å². The summed E-state index contributed by atoms with van der Waals surface area (Å²) in [5, 5.41) is 0. The van der Waals surface area contributed by atoms with Crippen LogP contribution in [-0.4, -0.2) is 4.98 Å². The Kier molecular flexibility index (Phi) is 2.04. The smallest absolute Gasteiger partial charge is 0.149 e. The Labute approximate surface area is 75.9 Å². The van der Waals surface area contributed by atoms with Crippen molar-refractivity contribution >= 4 is 0 Å². The SMILES string of the molecule is Fc1cccnc1-c1c[c]ccc1. The van der Waals surface area contributed by atoms with E-state index in [1.807, 2.05) is 12.1 Å². The molecule has 63 valence electrons. The number of hydrogen-bond donors (Lipinski definition) is 0. The van der Waals surface area contributed by atoms with Crippen LogP contribution in [0.3, 0.4) is 0 Å². The first-order valence-corrected chi connectivity index (χ1v) is 3.95. The fourth-order valence-electron chi connectivity index (χ4n) is 1.14. The molecule has 1 radical (unpaired) electrons. The quantitative estimate of drug-likeness (QED) is 0.644. The average molecular weight is 172 g/mol. The first-order chi connectivity index (χ1) is 6.38. The number of halogens is 1. The van der Waals surface area contributed by atoms with Crippen molar-refractivity contribution in [3.63, 3.8) is 0 Å². The van der Waals surface area contributed by atoms with Crippen LogP contribution >= 0.6 is 0 Å². The first-order valence-electron chi connectivity index (χ1n) is 3.95. The van der Waals surface area contributed by atoms with Crippen LogP contribution < -0.4 is 0 Å². The summed E-state index contributed by atoms with van der Waals surface area (Å²) in [6.07, 6.45) is 1.57. The summed E-state index contributed by atoms with van der Waals surface area (Å²) < 4.78 is 13.2. The first kappa shape index (κ1) is 7.92. The van der Waals surface area contributed by atoms with E-state index in [1.54, 1.807) is 24.4 Å². The Morgan fingerprint density at radius 3 is 2.85 bits per heavy atom. The molecule has 0 fully saturated rings. The highest BCUT2D eigenvalue weighted by atomic mass is 19.1. The molecule has 2 heteroatoms. The van der Waals surface area contributed by atoms with Crippen LogP contribution in [0.25, 0.3) is 11.3 Å². The zero-order chi connectivity index (χ0) is 9.10. The van der Waals surface area contributed by atoms with Gasteiger partial charge in [0, 0.05) is 11.8 Å². The maximum Gasteiger partial charge on any atom is 0.149 e. The molecule has 0 bridgehead atoms. The Morgan fingerprint density at radius 2 is 2.15 bits per heavy atom. The van der Waals surface area contributed by atoms with E-state index in [4.69, 9.17) is 0 Å². The molecular formula is C11H7FN. The molecule has 0 atom stereocenters. The highest BCUT2D eigenvalue weighted by Crippen LogP contribution is 2.18. The molecule has 0 N–H and O–H groups in total. The second kappa shape index (κ2) is 3.35. The van der Waals surface area contributed by atoms with Crippen LogP contribution in [0.2, 0.25) is 0 Å². The number of hydrogen-bond acceptors (Lipinski definition) is 1. The van der Waals surface area contributed by atoms with Crippen molar-refractivity contribution in [3.8, 4) is 11.3 Å². The molecule has 0 saturated heterocycles. The molecule has 0 spiro atoms. The maximum atomic E-state index is 13.2. The molecule has 0 saturated carbocycles. The van der Waals surface area contributed by atoms with Gasteiger partial charge in [-0.1, -0.05) is 18.2 Å². The molecule has 0 aliphatic carbocycles. The van der Waals surface area contributed by atoms with Crippen molar-refractivity contribution in [2.75, 3.05) is 0 Å². The summed E-state index contributed by atoms with van der Waals surface area (Å²) in [4.78, 5) is 3.95. The van der Waals surface area contributed by atoms with Crippen LogP contribution in [0.15, 0.2) is 42.6 Å². The van der Waals surface area contributed by atoms with Gasteiger partial charge in [0.05, 0.1) is 0 Å². The minimum atomic E-state index is -0.304. The third-order valence-electron chi connectivity index (χ3n) is 1.74. The Balaban J connectivity index is 2.54. The van der Waals surface area contributed by atoms with E-state index in [0.29, 0.717) is 5.69 Å². The van der Waals surface area contributed by atoms with Gasteiger partial charge in [0.1, 0.15) is 11.5 Å². The molecule has 0 unspecified atom stereocenters. The van der Waals surface area contributed by atoms with Crippen LogP contribution in [0.4, 0.5) is 4.39 Å². The Morgan fingerprint density at radius 1 is 1.23 bits per heavy atom. The van der Waals surface area contributed by atoms with Gasteiger partial charge in [-0.2, -0.15) is 0 Å². The third-order valence-corrected chi connectivity index (χ3v) is 1.74. The Hall–Kier alpha value is -1.70. The van der Waals surface area contributed by atoms with E-state index >= 15 is 0 Å². The van der Waals surface area contributed by atoms with Gasteiger partial charge in [-0.05, 0) is 24.3 Å². The summed E-state index contributed by atoms with van der Waals surface area (Å²) in [7, 11) is 0. The Bertz CT molecular complexity index is 398. The van der Waals surface area contributed by atoms with Gasteiger partial charge in [0.15, 0.2) is 0 Å². The van der Waals surface area contributed by atoms with Crippen molar-refractivity contribution in [1.82, 2.24) is 4.98 Å². The molecule has 13 heavy (non-hydrogen) atoms. The van der Waals surface area contributed by atoms with Crippen molar-refractivity contribution < 1.29 is 4.39 Å². The van der Waals surface area contributed by atoms with Gasteiger partial charge in [0.2, 0.25) is 0 Å². The minimum absolute atomic E-state index is 0.304. The molecule has 1 aromatic heterocycles.